The molecule has 0 bridgehead atoms. The van der Waals surface area contributed by atoms with E-state index in [1.165, 1.54) is 5.56 Å². The van der Waals surface area contributed by atoms with Gasteiger partial charge < -0.3 is 11.1 Å². The highest BCUT2D eigenvalue weighted by Gasteiger charge is 2.12. The molecule has 0 fully saturated rings. The number of rotatable bonds is 7. The normalized spacial score (nSPS) is 10.5. The average molecular weight is 446 g/mol. The minimum atomic E-state index is -0.100. The molecule has 1 amide bonds. The molecular weight excluding hydrogens is 418 g/mol. The van der Waals surface area contributed by atoms with Gasteiger partial charge in [-0.3, -0.25) is 9.78 Å². The van der Waals surface area contributed by atoms with E-state index in [2.05, 4.69) is 34.6 Å². The highest BCUT2D eigenvalue weighted by molar-refractivity contribution is 6.06. The number of anilines is 2. The number of carbonyl (C=O) groups is 1. The molecule has 0 saturated heterocycles. The molecule has 3 aromatic carbocycles. The molecule has 1 aromatic heterocycles. The molecule has 4 rings (SSSR count). The Balaban J connectivity index is 0.00000289. The van der Waals surface area contributed by atoms with E-state index < -0.39 is 0 Å². The van der Waals surface area contributed by atoms with Crippen LogP contribution in [0.4, 0.5) is 11.4 Å². The van der Waals surface area contributed by atoms with Gasteiger partial charge in [0.05, 0.1) is 5.52 Å². The molecule has 0 spiro atoms. The number of nitrogens with two attached hydrogens (primary N) is 1. The topological polar surface area (TPSA) is 68.0 Å². The minimum Gasteiger partial charge on any atom is -0.398 e. The van der Waals surface area contributed by atoms with E-state index in [0.717, 1.165) is 53.4 Å². The van der Waals surface area contributed by atoms with Crippen molar-refractivity contribution in [2.24, 2.45) is 0 Å². The number of pyridine rings is 1. The van der Waals surface area contributed by atoms with Gasteiger partial charge in [0.1, 0.15) is 0 Å². The monoisotopic (exact) mass is 445 g/mol. The quantitative estimate of drug-likeness (QED) is 0.325. The largest absolute Gasteiger partial charge is 0.398 e. The molecule has 0 aliphatic heterocycles. The number of halogens is 1. The molecule has 0 radical (unpaired) electrons. The van der Waals surface area contributed by atoms with Crippen LogP contribution in [-0.4, -0.2) is 10.9 Å². The predicted molar refractivity (Wildman–Crippen MR) is 136 cm³/mol. The van der Waals surface area contributed by atoms with Crippen molar-refractivity contribution in [1.82, 2.24) is 4.98 Å². The van der Waals surface area contributed by atoms with Crippen molar-refractivity contribution in [2.75, 3.05) is 11.1 Å². The SMILES string of the molecule is Cc1cc(N)c2cc(NC(=O)c3ccccc3CCCCc3ccccc3)ccc2n1.Cl. The maximum Gasteiger partial charge on any atom is 0.255 e. The van der Waals surface area contributed by atoms with Crippen LogP contribution >= 0.6 is 12.4 Å². The maximum absolute atomic E-state index is 13.0. The number of nitrogens with one attached hydrogen (secondary N) is 1. The van der Waals surface area contributed by atoms with Gasteiger partial charge in [0.2, 0.25) is 0 Å². The smallest absolute Gasteiger partial charge is 0.255 e. The van der Waals surface area contributed by atoms with E-state index in [-0.39, 0.29) is 18.3 Å². The van der Waals surface area contributed by atoms with Gasteiger partial charge in [-0.05, 0) is 74.1 Å². The van der Waals surface area contributed by atoms with Crippen LogP contribution in [0.15, 0.2) is 78.9 Å². The molecule has 32 heavy (non-hydrogen) atoms. The first kappa shape index (κ1) is 23.3. The van der Waals surface area contributed by atoms with Gasteiger partial charge in [0, 0.05) is 28.0 Å². The van der Waals surface area contributed by atoms with Crippen molar-refractivity contribution >= 4 is 40.6 Å². The standard InChI is InChI=1S/C27H27N3O.ClH/c1-19-17-25(28)24-18-22(15-16-26(24)29-19)30-27(31)23-14-8-7-13-21(23)12-6-5-11-20-9-3-2-4-10-20;/h2-4,7-10,13-18H,5-6,11-12H2,1H3,(H2,28,29)(H,30,31);1H. The number of nitrogens with zero attached hydrogens (tertiary/aromatic N) is 1. The zero-order valence-electron chi connectivity index (χ0n) is 18.2. The lowest BCUT2D eigenvalue weighted by Crippen LogP contribution is -2.14. The van der Waals surface area contributed by atoms with E-state index >= 15 is 0 Å². The Labute approximate surface area is 195 Å². The summed E-state index contributed by atoms with van der Waals surface area (Å²) in [7, 11) is 0. The molecule has 5 heteroatoms. The van der Waals surface area contributed by atoms with Gasteiger partial charge in [-0.2, -0.15) is 0 Å². The number of carbonyl (C=O) groups excluding carboxylic acids is 1. The summed E-state index contributed by atoms with van der Waals surface area (Å²) in [6.07, 6.45) is 4.07. The van der Waals surface area contributed by atoms with Gasteiger partial charge in [0.25, 0.3) is 5.91 Å². The second-order valence-electron chi connectivity index (χ2n) is 7.89. The molecule has 0 unspecified atom stereocenters. The molecule has 0 saturated carbocycles. The first-order chi connectivity index (χ1) is 15.1. The average Bonchev–Trinajstić information content (AvgIpc) is 2.78. The summed E-state index contributed by atoms with van der Waals surface area (Å²) in [5, 5.41) is 3.87. The van der Waals surface area contributed by atoms with Crippen molar-refractivity contribution < 1.29 is 4.79 Å². The summed E-state index contributed by atoms with van der Waals surface area (Å²) < 4.78 is 0. The maximum atomic E-state index is 13.0. The second-order valence-corrected chi connectivity index (χ2v) is 7.89. The summed E-state index contributed by atoms with van der Waals surface area (Å²) in [4.78, 5) is 17.5. The summed E-state index contributed by atoms with van der Waals surface area (Å²) in [6, 6.07) is 25.9. The number of hydrogen-bond acceptors (Lipinski definition) is 3. The Morgan fingerprint density at radius 2 is 1.62 bits per heavy atom. The molecule has 4 nitrogen and oxygen atoms in total. The van der Waals surface area contributed by atoms with E-state index in [0.29, 0.717) is 11.4 Å². The van der Waals surface area contributed by atoms with E-state index in [1.54, 1.807) is 0 Å². The molecule has 0 atom stereocenters. The number of nitrogen functional groups attached to an aromatic ring is 1. The number of hydrogen-bond donors (Lipinski definition) is 2. The van der Waals surface area contributed by atoms with E-state index in [1.807, 2.05) is 61.5 Å². The number of aromatic nitrogens is 1. The first-order valence-corrected chi connectivity index (χ1v) is 10.7. The van der Waals surface area contributed by atoms with E-state index in [9.17, 15) is 4.79 Å². The Bertz CT molecular complexity index is 1210. The lowest BCUT2D eigenvalue weighted by molar-refractivity contribution is 0.102. The Morgan fingerprint density at radius 1 is 0.906 bits per heavy atom. The summed E-state index contributed by atoms with van der Waals surface area (Å²) in [5.41, 5.74) is 12.4. The highest BCUT2D eigenvalue weighted by atomic mass is 35.5. The summed E-state index contributed by atoms with van der Waals surface area (Å²) in [5.74, 6) is -0.100. The van der Waals surface area contributed by atoms with E-state index in [4.69, 9.17) is 5.73 Å². The van der Waals surface area contributed by atoms with Crippen LogP contribution < -0.4 is 11.1 Å². The molecule has 3 N–H and O–H groups in total. The number of amides is 1. The van der Waals surface area contributed by atoms with Gasteiger partial charge >= 0.3 is 0 Å². The third-order valence-electron chi connectivity index (χ3n) is 5.49. The van der Waals surface area contributed by atoms with Crippen molar-refractivity contribution in [3.05, 3.63) is 101 Å². The van der Waals surface area contributed by atoms with Crippen molar-refractivity contribution in [3.63, 3.8) is 0 Å². The molecule has 164 valence electrons. The number of aryl methyl sites for hydroxylation is 3. The minimum absolute atomic E-state index is 0. The lowest BCUT2D eigenvalue weighted by atomic mass is 9.99. The van der Waals surface area contributed by atoms with Crippen LogP contribution in [0.5, 0.6) is 0 Å². The number of fused-ring (bicyclic) bond motifs is 1. The van der Waals surface area contributed by atoms with Crippen LogP contribution in [0.2, 0.25) is 0 Å². The van der Waals surface area contributed by atoms with Crippen LogP contribution in [0.1, 0.15) is 40.0 Å². The fourth-order valence-corrected chi connectivity index (χ4v) is 3.92. The molecule has 0 aliphatic carbocycles. The van der Waals surface area contributed by atoms with Gasteiger partial charge in [-0.1, -0.05) is 48.5 Å². The van der Waals surface area contributed by atoms with Crippen LogP contribution in [0.25, 0.3) is 10.9 Å². The third-order valence-corrected chi connectivity index (χ3v) is 5.49. The van der Waals surface area contributed by atoms with Crippen molar-refractivity contribution in [3.8, 4) is 0 Å². The Kier molecular flexibility index (Phi) is 7.85. The van der Waals surface area contributed by atoms with Crippen LogP contribution in [0, 0.1) is 6.92 Å². The van der Waals surface area contributed by atoms with Crippen molar-refractivity contribution in [1.29, 1.82) is 0 Å². The summed E-state index contributed by atoms with van der Waals surface area (Å²) >= 11 is 0. The van der Waals surface area contributed by atoms with Gasteiger partial charge in [0.15, 0.2) is 0 Å². The van der Waals surface area contributed by atoms with Gasteiger partial charge in [-0.15, -0.1) is 12.4 Å². The second kappa shape index (κ2) is 10.8. The number of benzene rings is 3. The van der Waals surface area contributed by atoms with Crippen LogP contribution in [0.3, 0.4) is 0 Å². The fourth-order valence-electron chi connectivity index (χ4n) is 3.92. The Morgan fingerprint density at radius 3 is 2.44 bits per heavy atom. The molecule has 0 aliphatic rings. The molecule has 1 heterocycles. The van der Waals surface area contributed by atoms with Crippen molar-refractivity contribution in [2.45, 2.75) is 32.6 Å². The predicted octanol–water partition coefficient (Wildman–Crippen LogP) is 6.36. The molecular formula is C27H28ClN3O. The zero-order valence-corrected chi connectivity index (χ0v) is 19.0. The fraction of sp³-hybridized carbons (Fsp3) is 0.185. The first-order valence-electron chi connectivity index (χ1n) is 10.7. The Hall–Kier alpha value is -3.37. The number of unbranched alkanes of at least 4 members (excludes halogenated alkanes) is 1. The zero-order chi connectivity index (χ0) is 21.6. The highest BCUT2D eigenvalue weighted by Crippen LogP contribution is 2.25. The lowest BCUT2D eigenvalue weighted by Gasteiger charge is -2.12. The summed E-state index contributed by atoms with van der Waals surface area (Å²) in [6.45, 7) is 1.92. The van der Waals surface area contributed by atoms with Crippen LogP contribution in [-0.2, 0) is 12.8 Å². The molecule has 4 aromatic rings. The van der Waals surface area contributed by atoms with Gasteiger partial charge in [-0.25, -0.2) is 0 Å². The third kappa shape index (κ3) is 5.65.